The van der Waals surface area contributed by atoms with Crippen molar-refractivity contribution in [2.45, 2.75) is 44.6 Å². The summed E-state index contributed by atoms with van der Waals surface area (Å²) in [5.74, 6) is 0.533. The van der Waals surface area contributed by atoms with E-state index in [1.165, 1.54) is 12.1 Å². The lowest BCUT2D eigenvalue weighted by Crippen LogP contribution is -2.33. The number of halogens is 1. The molecule has 3 N–H and O–H groups in total. The number of benzene rings is 1. The number of rotatable bonds is 7. The van der Waals surface area contributed by atoms with Crippen LogP contribution >= 0.6 is 23.8 Å². The monoisotopic (exact) mass is 348 g/mol. The highest BCUT2D eigenvalue weighted by Crippen LogP contribution is 2.23. The maximum Gasteiger partial charge on any atom is 0.242 e. The third-order valence-corrected chi connectivity index (χ3v) is 5.35. The van der Waals surface area contributed by atoms with Gasteiger partial charge < -0.3 is 5.73 Å². The van der Waals surface area contributed by atoms with Gasteiger partial charge in [0, 0.05) is 11.6 Å². The molecule has 0 saturated carbocycles. The molecular weight excluding hydrogens is 328 g/mol. The maximum absolute atomic E-state index is 12.3. The summed E-state index contributed by atoms with van der Waals surface area (Å²) >= 11 is 10.9. The van der Waals surface area contributed by atoms with Crippen molar-refractivity contribution in [2.75, 3.05) is 0 Å². The quantitative estimate of drug-likeness (QED) is 0.743. The summed E-state index contributed by atoms with van der Waals surface area (Å²) in [6.07, 6.45) is 1.73. The number of sulfonamides is 1. The molecule has 0 aliphatic carbocycles. The van der Waals surface area contributed by atoms with E-state index in [4.69, 9.17) is 29.6 Å². The Hall–Kier alpha value is -0.690. The molecule has 0 aliphatic rings. The van der Waals surface area contributed by atoms with Gasteiger partial charge >= 0.3 is 0 Å². The molecule has 1 unspecified atom stereocenters. The van der Waals surface area contributed by atoms with Gasteiger partial charge in [0.05, 0.1) is 5.02 Å². The van der Waals surface area contributed by atoms with E-state index >= 15 is 0 Å². The molecule has 0 saturated heterocycles. The van der Waals surface area contributed by atoms with Crippen LogP contribution in [0.2, 0.25) is 5.02 Å². The fraction of sp³-hybridized carbons (Fsp3) is 0.500. The fourth-order valence-corrected chi connectivity index (χ4v) is 3.79. The summed E-state index contributed by atoms with van der Waals surface area (Å²) < 4.78 is 27.3. The molecule has 21 heavy (non-hydrogen) atoms. The van der Waals surface area contributed by atoms with Gasteiger partial charge in [-0.05, 0) is 37.8 Å². The molecule has 7 heteroatoms. The number of nitrogens with one attached hydrogen (secondary N) is 1. The average molecular weight is 349 g/mol. The molecule has 0 fully saturated rings. The van der Waals surface area contributed by atoms with Crippen LogP contribution in [0.1, 0.15) is 39.2 Å². The van der Waals surface area contributed by atoms with Crippen molar-refractivity contribution in [2.24, 2.45) is 11.7 Å². The van der Waals surface area contributed by atoms with E-state index in [0.717, 1.165) is 12.8 Å². The predicted octanol–water partition coefficient (Wildman–Crippen LogP) is 3.08. The lowest BCUT2D eigenvalue weighted by atomic mass is 10.1. The van der Waals surface area contributed by atoms with Crippen molar-refractivity contribution < 1.29 is 8.42 Å². The highest BCUT2D eigenvalue weighted by Gasteiger charge is 2.21. The normalized spacial score (nSPS) is 13.4. The van der Waals surface area contributed by atoms with Gasteiger partial charge in [0.1, 0.15) is 9.88 Å². The standard InChI is InChI=1S/C14H21ClN2O2S2/c1-9(2)4-5-10(3)17-21(18,19)13-7-6-11(14(16)20)8-12(13)15/h6-10,17H,4-5H2,1-3H3,(H2,16,20). The van der Waals surface area contributed by atoms with Crippen molar-refractivity contribution in [3.8, 4) is 0 Å². The molecule has 0 spiro atoms. The maximum atomic E-state index is 12.3. The van der Waals surface area contributed by atoms with E-state index in [9.17, 15) is 8.42 Å². The zero-order chi connectivity index (χ0) is 16.2. The van der Waals surface area contributed by atoms with Crippen LogP contribution in [0, 0.1) is 5.92 Å². The second-order valence-corrected chi connectivity index (χ2v) is 8.03. The first-order chi connectivity index (χ1) is 9.63. The van der Waals surface area contributed by atoms with E-state index in [0.29, 0.717) is 11.5 Å². The van der Waals surface area contributed by atoms with Gasteiger partial charge in [-0.2, -0.15) is 0 Å². The van der Waals surface area contributed by atoms with Gasteiger partial charge in [0.25, 0.3) is 0 Å². The van der Waals surface area contributed by atoms with Crippen molar-refractivity contribution >= 4 is 38.8 Å². The fourth-order valence-electron chi connectivity index (χ4n) is 1.84. The highest BCUT2D eigenvalue weighted by atomic mass is 35.5. The third kappa shape index (κ3) is 5.54. The summed E-state index contributed by atoms with van der Waals surface area (Å²) in [6.45, 7) is 6.05. The van der Waals surface area contributed by atoms with E-state index in [2.05, 4.69) is 18.6 Å². The lowest BCUT2D eigenvalue weighted by molar-refractivity contribution is 0.485. The van der Waals surface area contributed by atoms with Crippen molar-refractivity contribution in [3.05, 3.63) is 28.8 Å². The van der Waals surface area contributed by atoms with E-state index in [-0.39, 0.29) is 20.9 Å². The summed E-state index contributed by atoms with van der Waals surface area (Å²) in [6, 6.07) is 4.30. The molecule has 0 bridgehead atoms. The Labute approximate surface area is 137 Å². The number of nitrogens with two attached hydrogens (primary N) is 1. The minimum atomic E-state index is -3.65. The van der Waals surface area contributed by atoms with Crippen LogP contribution in [0.3, 0.4) is 0 Å². The zero-order valence-corrected chi connectivity index (χ0v) is 14.8. The topological polar surface area (TPSA) is 72.2 Å². The van der Waals surface area contributed by atoms with Crippen LogP contribution < -0.4 is 10.5 Å². The molecule has 1 atom stereocenters. The average Bonchev–Trinajstić information content (AvgIpc) is 2.35. The predicted molar refractivity (Wildman–Crippen MR) is 91.2 cm³/mol. The lowest BCUT2D eigenvalue weighted by Gasteiger charge is -2.16. The molecule has 0 aliphatic heterocycles. The molecule has 1 rings (SSSR count). The Morgan fingerprint density at radius 3 is 2.43 bits per heavy atom. The van der Waals surface area contributed by atoms with Crippen molar-refractivity contribution in [1.29, 1.82) is 0 Å². The highest BCUT2D eigenvalue weighted by molar-refractivity contribution is 7.89. The second-order valence-electron chi connectivity index (χ2n) is 5.50. The largest absolute Gasteiger partial charge is 0.389 e. The van der Waals surface area contributed by atoms with Crippen molar-refractivity contribution in [1.82, 2.24) is 4.72 Å². The van der Waals surface area contributed by atoms with Crippen LogP contribution in [0.15, 0.2) is 23.1 Å². The van der Waals surface area contributed by atoms with Crippen LogP contribution in [0.25, 0.3) is 0 Å². The Bertz CT molecular complexity index is 615. The van der Waals surface area contributed by atoms with E-state index < -0.39 is 10.0 Å². The Kier molecular flexibility index (Phi) is 6.59. The number of thiocarbonyl (C=S) groups is 1. The minimum Gasteiger partial charge on any atom is -0.389 e. The van der Waals surface area contributed by atoms with Gasteiger partial charge in [-0.1, -0.05) is 43.7 Å². The molecule has 4 nitrogen and oxygen atoms in total. The summed E-state index contributed by atoms with van der Waals surface area (Å²) in [5.41, 5.74) is 6.04. The smallest absolute Gasteiger partial charge is 0.242 e. The number of hydrogen-bond acceptors (Lipinski definition) is 3. The molecule has 0 radical (unpaired) electrons. The van der Waals surface area contributed by atoms with E-state index in [1.807, 2.05) is 6.92 Å². The third-order valence-electron chi connectivity index (χ3n) is 3.04. The Morgan fingerprint density at radius 2 is 1.95 bits per heavy atom. The van der Waals surface area contributed by atoms with E-state index in [1.54, 1.807) is 6.07 Å². The Morgan fingerprint density at radius 1 is 1.33 bits per heavy atom. The first-order valence-electron chi connectivity index (χ1n) is 6.75. The Balaban J connectivity index is 2.90. The van der Waals surface area contributed by atoms with Crippen LogP contribution in [-0.4, -0.2) is 19.4 Å². The van der Waals surface area contributed by atoms with Gasteiger partial charge in [-0.15, -0.1) is 0 Å². The van der Waals surface area contributed by atoms with Crippen LogP contribution in [0.5, 0.6) is 0 Å². The van der Waals surface area contributed by atoms with Gasteiger partial charge in [0.2, 0.25) is 10.0 Å². The molecule has 0 amide bonds. The molecule has 1 aromatic carbocycles. The number of hydrogen-bond donors (Lipinski definition) is 2. The van der Waals surface area contributed by atoms with Crippen molar-refractivity contribution in [3.63, 3.8) is 0 Å². The minimum absolute atomic E-state index is 0.0422. The molecule has 0 aromatic heterocycles. The van der Waals surface area contributed by atoms with Gasteiger partial charge in [-0.3, -0.25) is 0 Å². The van der Waals surface area contributed by atoms with Gasteiger partial charge in [-0.25, -0.2) is 13.1 Å². The molecular formula is C14H21ClN2O2S2. The van der Waals surface area contributed by atoms with Gasteiger partial charge in [0.15, 0.2) is 0 Å². The zero-order valence-electron chi connectivity index (χ0n) is 12.4. The second kappa shape index (κ2) is 7.54. The summed E-state index contributed by atoms with van der Waals surface area (Å²) in [7, 11) is -3.65. The molecule has 1 aromatic rings. The first-order valence-corrected chi connectivity index (χ1v) is 9.02. The SMILES string of the molecule is CC(C)CCC(C)NS(=O)(=O)c1ccc(C(N)=S)cc1Cl. The van der Waals surface area contributed by atoms with Crippen LogP contribution in [-0.2, 0) is 10.0 Å². The summed E-state index contributed by atoms with van der Waals surface area (Å²) in [4.78, 5) is 0.222. The summed E-state index contributed by atoms with van der Waals surface area (Å²) in [5, 5.41) is 0.115. The van der Waals surface area contributed by atoms with Crippen LogP contribution in [0.4, 0.5) is 0 Å². The molecule has 118 valence electrons. The molecule has 0 heterocycles. The first kappa shape index (κ1) is 18.4.